The number of carbonyl (C=O) groups is 1. The van der Waals surface area contributed by atoms with E-state index in [4.69, 9.17) is 9.90 Å². The van der Waals surface area contributed by atoms with Crippen LogP contribution < -0.4 is 10.4 Å². The fraction of sp³-hybridized carbons (Fsp3) is 0.143. The zero-order valence-electron chi connectivity index (χ0n) is 20.4. The average molecular weight is 521 g/mol. The molecule has 0 radical (unpaired) electrons. The van der Waals surface area contributed by atoms with Gasteiger partial charge in [0.25, 0.3) is 0 Å². The first-order valence-electron chi connectivity index (χ1n) is 11.5. The first kappa shape index (κ1) is 26.3. The molecular weight excluding hydrogens is 497 g/mol. The molecule has 1 aliphatic heterocycles. The summed E-state index contributed by atoms with van der Waals surface area (Å²) in [5.41, 5.74) is 5.66. The number of halogens is 3. The summed E-state index contributed by atoms with van der Waals surface area (Å²) in [7, 11) is 0. The fourth-order valence-corrected chi connectivity index (χ4v) is 3.76. The highest BCUT2D eigenvalue weighted by Gasteiger charge is 2.38. The minimum absolute atomic E-state index is 0.172. The molecule has 4 aromatic rings. The molecular formula is C28H23F3N4O3. The Hall–Kier alpha value is -4.73. The Kier molecular flexibility index (Phi) is 7.43. The van der Waals surface area contributed by atoms with Crippen LogP contribution in [-0.4, -0.2) is 32.3 Å². The lowest BCUT2D eigenvalue weighted by atomic mass is 10.00. The molecule has 0 bridgehead atoms. The third-order valence-corrected chi connectivity index (χ3v) is 5.77. The second-order valence-corrected chi connectivity index (χ2v) is 8.77. The molecule has 0 saturated carbocycles. The summed E-state index contributed by atoms with van der Waals surface area (Å²) in [5, 5.41) is 29.2. The SMILES string of the molecule is CC(C)c1ccc2[nH]c(O)c(C=c3ccc4c(c3)N=NC=4C=Cc3ccncc3)c2c1.O=C(O)C(F)(F)F. The normalized spacial score (nSPS) is 13.3. The number of azo groups is 1. The summed E-state index contributed by atoms with van der Waals surface area (Å²) in [4.78, 5) is 16.0. The molecule has 7 nitrogen and oxygen atoms in total. The number of fused-ring (bicyclic) bond motifs is 2. The van der Waals surface area contributed by atoms with Crippen LogP contribution in [0.3, 0.4) is 0 Å². The van der Waals surface area contributed by atoms with Gasteiger partial charge in [0, 0.05) is 34.1 Å². The van der Waals surface area contributed by atoms with E-state index in [0.29, 0.717) is 5.92 Å². The van der Waals surface area contributed by atoms with E-state index in [9.17, 15) is 18.3 Å². The zero-order valence-corrected chi connectivity index (χ0v) is 20.4. The van der Waals surface area contributed by atoms with Gasteiger partial charge in [0.2, 0.25) is 0 Å². The van der Waals surface area contributed by atoms with Crippen LogP contribution in [0, 0.1) is 0 Å². The molecule has 3 heterocycles. The minimum atomic E-state index is -5.08. The van der Waals surface area contributed by atoms with Crippen molar-refractivity contribution < 1.29 is 28.2 Å². The largest absolute Gasteiger partial charge is 0.494 e. The monoisotopic (exact) mass is 520 g/mol. The average Bonchev–Trinajstić information content (AvgIpc) is 3.42. The molecule has 1 aliphatic rings. The Morgan fingerprint density at radius 2 is 1.71 bits per heavy atom. The molecule has 0 aliphatic carbocycles. The number of aromatic hydroxyl groups is 1. The van der Waals surface area contributed by atoms with Crippen LogP contribution >= 0.6 is 0 Å². The van der Waals surface area contributed by atoms with Crippen LogP contribution in [0.15, 0.2) is 77.2 Å². The quantitative estimate of drug-likeness (QED) is 0.317. The predicted molar refractivity (Wildman–Crippen MR) is 138 cm³/mol. The zero-order chi connectivity index (χ0) is 27.4. The molecule has 2 aromatic heterocycles. The highest BCUT2D eigenvalue weighted by molar-refractivity contribution is 5.92. The number of carboxylic acids is 1. The summed E-state index contributed by atoms with van der Waals surface area (Å²) in [6.07, 6.45) is 4.40. The summed E-state index contributed by atoms with van der Waals surface area (Å²) < 4.78 is 31.7. The van der Waals surface area contributed by atoms with Crippen molar-refractivity contribution in [1.82, 2.24) is 9.97 Å². The highest BCUT2D eigenvalue weighted by atomic mass is 19.4. The van der Waals surface area contributed by atoms with Gasteiger partial charge in [-0.1, -0.05) is 32.1 Å². The van der Waals surface area contributed by atoms with Crippen LogP contribution in [0.25, 0.3) is 28.8 Å². The number of hydrogen-bond acceptors (Lipinski definition) is 5. The van der Waals surface area contributed by atoms with Crippen molar-refractivity contribution >= 4 is 40.4 Å². The molecule has 194 valence electrons. The second-order valence-electron chi connectivity index (χ2n) is 8.77. The molecule has 10 heteroatoms. The van der Waals surface area contributed by atoms with Gasteiger partial charge in [-0.3, -0.25) is 4.98 Å². The third-order valence-electron chi connectivity index (χ3n) is 5.77. The van der Waals surface area contributed by atoms with Gasteiger partial charge in [-0.25, -0.2) is 4.79 Å². The van der Waals surface area contributed by atoms with Gasteiger partial charge in [-0.15, -0.1) is 10.2 Å². The maximum absolute atomic E-state index is 10.6. The molecule has 2 aromatic carbocycles. The van der Waals surface area contributed by atoms with E-state index in [1.165, 1.54) is 5.56 Å². The number of benzene rings is 2. The van der Waals surface area contributed by atoms with Crippen molar-refractivity contribution in [1.29, 1.82) is 0 Å². The minimum Gasteiger partial charge on any atom is -0.494 e. The number of carboxylic acid groups (broad SMARTS) is 1. The number of aliphatic carboxylic acids is 1. The van der Waals surface area contributed by atoms with E-state index in [1.54, 1.807) is 12.4 Å². The Morgan fingerprint density at radius 1 is 1.00 bits per heavy atom. The van der Waals surface area contributed by atoms with Gasteiger partial charge >= 0.3 is 12.1 Å². The number of rotatable bonds is 4. The Morgan fingerprint density at radius 3 is 2.37 bits per heavy atom. The van der Waals surface area contributed by atoms with Crippen molar-refractivity contribution in [2.45, 2.75) is 25.9 Å². The maximum atomic E-state index is 10.6. The number of alkyl halides is 3. The lowest BCUT2D eigenvalue weighted by Crippen LogP contribution is -2.21. The van der Waals surface area contributed by atoms with Gasteiger partial charge in [-0.05, 0) is 70.8 Å². The summed E-state index contributed by atoms with van der Waals surface area (Å²) in [6, 6.07) is 16.2. The summed E-state index contributed by atoms with van der Waals surface area (Å²) >= 11 is 0. The molecule has 5 rings (SSSR count). The molecule has 0 fully saturated rings. The van der Waals surface area contributed by atoms with E-state index in [0.717, 1.165) is 43.9 Å². The number of aromatic nitrogens is 2. The van der Waals surface area contributed by atoms with Crippen LogP contribution in [0.5, 0.6) is 5.88 Å². The summed E-state index contributed by atoms with van der Waals surface area (Å²) in [5.74, 6) is -2.16. The first-order chi connectivity index (χ1) is 18.0. The Balaban J connectivity index is 0.000000426. The molecule has 0 saturated heterocycles. The van der Waals surface area contributed by atoms with Crippen molar-refractivity contribution in [3.05, 3.63) is 94.1 Å². The van der Waals surface area contributed by atoms with Gasteiger partial charge in [-0.2, -0.15) is 13.2 Å². The standard InChI is InChI=1S/C26H22N4O.C2HF3O2/c1-16(2)19-5-8-23-21(15-19)22(26(31)28-23)13-18-3-6-20-24(29-30-25(20)14-18)7-4-17-9-11-27-12-10-17;3-2(4,5)1(6)7/h3-16,28,31H,1-2H3;(H,6,7). The third kappa shape index (κ3) is 5.97. The van der Waals surface area contributed by atoms with Gasteiger partial charge in [0.05, 0.1) is 11.4 Å². The van der Waals surface area contributed by atoms with Gasteiger partial charge < -0.3 is 15.2 Å². The molecule has 0 spiro atoms. The van der Waals surface area contributed by atoms with Crippen LogP contribution in [0.2, 0.25) is 0 Å². The first-order valence-corrected chi connectivity index (χ1v) is 11.5. The number of aromatic amines is 1. The van der Waals surface area contributed by atoms with E-state index in [-0.39, 0.29) is 5.88 Å². The molecule has 0 amide bonds. The van der Waals surface area contributed by atoms with Crippen LogP contribution in [0.4, 0.5) is 18.9 Å². The number of hydrogen-bond donors (Lipinski definition) is 3. The van der Waals surface area contributed by atoms with Gasteiger partial charge in [0.1, 0.15) is 0 Å². The van der Waals surface area contributed by atoms with Crippen molar-refractivity contribution in [2.75, 3.05) is 0 Å². The van der Waals surface area contributed by atoms with E-state index in [2.05, 4.69) is 46.2 Å². The van der Waals surface area contributed by atoms with E-state index >= 15 is 0 Å². The maximum Gasteiger partial charge on any atom is 0.490 e. The Labute approximate surface area is 215 Å². The lowest BCUT2D eigenvalue weighted by Gasteiger charge is -2.05. The molecule has 0 unspecified atom stereocenters. The topological polar surface area (TPSA) is 111 Å². The fourth-order valence-electron chi connectivity index (χ4n) is 3.76. The van der Waals surface area contributed by atoms with Crippen molar-refractivity contribution in [2.24, 2.45) is 10.2 Å². The van der Waals surface area contributed by atoms with E-state index in [1.807, 2.05) is 54.6 Å². The lowest BCUT2D eigenvalue weighted by molar-refractivity contribution is -0.192. The number of nitrogens with one attached hydrogen (secondary N) is 1. The Bertz CT molecular complexity index is 1670. The van der Waals surface area contributed by atoms with Crippen molar-refractivity contribution in [3.8, 4) is 5.88 Å². The smallest absolute Gasteiger partial charge is 0.490 e. The van der Waals surface area contributed by atoms with E-state index < -0.39 is 12.1 Å². The molecule has 38 heavy (non-hydrogen) atoms. The number of pyridine rings is 1. The van der Waals surface area contributed by atoms with Crippen LogP contribution in [-0.2, 0) is 4.79 Å². The second kappa shape index (κ2) is 10.7. The molecule has 3 N–H and O–H groups in total. The number of H-pyrrole nitrogens is 1. The number of nitrogens with zero attached hydrogens (tertiary/aromatic N) is 3. The van der Waals surface area contributed by atoms with Gasteiger partial charge in [0.15, 0.2) is 5.88 Å². The van der Waals surface area contributed by atoms with Crippen molar-refractivity contribution in [3.63, 3.8) is 0 Å². The predicted octanol–water partition coefficient (Wildman–Crippen LogP) is 5.77. The highest BCUT2D eigenvalue weighted by Crippen LogP contribution is 2.30. The summed E-state index contributed by atoms with van der Waals surface area (Å²) in [6.45, 7) is 4.33. The van der Waals surface area contributed by atoms with Crippen LogP contribution in [0.1, 0.15) is 36.5 Å². The molecule has 0 atom stereocenters.